The van der Waals surface area contributed by atoms with E-state index in [0.29, 0.717) is 66.7 Å². The molecule has 1 aromatic heterocycles. The molecule has 1 saturated heterocycles. The van der Waals surface area contributed by atoms with Crippen LogP contribution in [0.5, 0.6) is 5.75 Å². The van der Waals surface area contributed by atoms with E-state index in [4.69, 9.17) is 10.5 Å². The Bertz CT molecular complexity index is 1330. The lowest BCUT2D eigenvalue weighted by Gasteiger charge is -2.39. The fourth-order valence-electron chi connectivity index (χ4n) is 5.17. The summed E-state index contributed by atoms with van der Waals surface area (Å²) in [6, 6.07) is 6.87. The first-order valence-corrected chi connectivity index (χ1v) is 13.7. The van der Waals surface area contributed by atoms with Crippen molar-refractivity contribution in [2.24, 2.45) is 11.1 Å². The molecule has 0 spiro atoms. The maximum absolute atomic E-state index is 13.9. The molecule has 0 amide bonds. The largest absolute Gasteiger partial charge is 0.497 e. The van der Waals surface area contributed by atoms with E-state index in [9.17, 15) is 28.2 Å². The van der Waals surface area contributed by atoms with Crippen molar-refractivity contribution in [1.82, 2.24) is 9.88 Å². The zero-order valence-electron chi connectivity index (χ0n) is 21.6. The van der Waals surface area contributed by atoms with E-state index in [-0.39, 0.29) is 24.3 Å². The van der Waals surface area contributed by atoms with Gasteiger partial charge in [0.2, 0.25) is 0 Å². The van der Waals surface area contributed by atoms with Gasteiger partial charge in [-0.15, -0.1) is 11.8 Å². The zero-order valence-corrected chi connectivity index (χ0v) is 22.4. The van der Waals surface area contributed by atoms with Crippen molar-refractivity contribution in [3.8, 4) is 5.75 Å². The second-order valence-corrected chi connectivity index (χ2v) is 11.0. The standard InChI is InChI=1S/C28H32F3N3O4S/c1-38-19-2-3-22-20(14-19)25(17(15-32)16-33-22)23(35)4-5-28(27(36)37)6-8-34(9-7-28)10-11-39-24-13-18(29)12-21(30)26(24)31/h2-3,12-14,16,23,35H,4-11,15,32H2,1H3,(H,36,37)/t23-/m0/s1. The highest BCUT2D eigenvalue weighted by molar-refractivity contribution is 7.99. The highest BCUT2D eigenvalue weighted by atomic mass is 32.2. The van der Waals surface area contributed by atoms with Crippen molar-refractivity contribution in [1.29, 1.82) is 0 Å². The Morgan fingerprint density at radius 1 is 1.23 bits per heavy atom. The molecule has 1 fully saturated rings. The molecule has 0 saturated carbocycles. The third-order valence-corrected chi connectivity index (χ3v) is 8.54. The van der Waals surface area contributed by atoms with Gasteiger partial charge in [0.1, 0.15) is 11.6 Å². The van der Waals surface area contributed by atoms with Crippen molar-refractivity contribution < 1.29 is 32.9 Å². The predicted octanol–water partition coefficient (Wildman–Crippen LogP) is 4.89. The minimum Gasteiger partial charge on any atom is -0.497 e. The number of carbonyl (C=O) groups is 1. The van der Waals surface area contributed by atoms with E-state index in [1.54, 1.807) is 31.5 Å². The highest BCUT2D eigenvalue weighted by Crippen LogP contribution is 2.40. The van der Waals surface area contributed by atoms with Crippen LogP contribution in [-0.2, 0) is 11.3 Å². The molecule has 3 aromatic rings. The first-order valence-electron chi connectivity index (χ1n) is 12.7. The number of nitrogens with two attached hydrogens (primary N) is 1. The number of pyridine rings is 1. The number of methoxy groups -OCH3 is 1. The number of hydrogen-bond acceptors (Lipinski definition) is 7. The SMILES string of the molecule is COc1ccc2ncc(CN)c([C@@H](O)CCC3(C(=O)O)CCN(CCSc4cc(F)cc(F)c4F)CC3)c2c1. The number of likely N-dealkylation sites (tertiary alicyclic amines) is 1. The molecule has 39 heavy (non-hydrogen) atoms. The number of nitrogens with zero attached hydrogens (tertiary/aromatic N) is 2. The molecule has 0 aliphatic carbocycles. The number of ether oxygens (including phenoxy) is 1. The molecule has 0 radical (unpaired) electrons. The van der Waals surface area contributed by atoms with Crippen molar-refractivity contribution >= 4 is 28.6 Å². The minimum absolute atomic E-state index is 0.0866. The first kappa shape index (κ1) is 29.1. The molecule has 210 valence electrons. The number of halogens is 3. The molecule has 2 aromatic carbocycles. The van der Waals surface area contributed by atoms with E-state index < -0.39 is 34.9 Å². The van der Waals surface area contributed by atoms with Gasteiger partial charge in [-0.1, -0.05) is 0 Å². The minimum atomic E-state index is -1.22. The number of aliphatic hydroxyl groups is 1. The summed E-state index contributed by atoms with van der Waals surface area (Å²) in [5.74, 6) is -3.01. The van der Waals surface area contributed by atoms with Crippen LogP contribution in [0.25, 0.3) is 10.9 Å². The zero-order chi connectivity index (χ0) is 28.2. The van der Waals surface area contributed by atoms with Crippen LogP contribution in [0.1, 0.15) is 42.9 Å². The van der Waals surface area contributed by atoms with Gasteiger partial charge in [-0.3, -0.25) is 9.78 Å². The second-order valence-electron chi connectivity index (χ2n) is 9.81. The van der Waals surface area contributed by atoms with Gasteiger partial charge in [-0.2, -0.15) is 0 Å². The molecular weight excluding hydrogens is 531 g/mol. The van der Waals surface area contributed by atoms with Crippen LogP contribution in [0.4, 0.5) is 13.2 Å². The van der Waals surface area contributed by atoms with Gasteiger partial charge in [0.25, 0.3) is 0 Å². The van der Waals surface area contributed by atoms with Crippen LogP contribution in [-0.4, -0.2) is 58.6 Å². The van der Waals surface area contributed by atoms with E-state index in [1.165, 1.54) is 0 Å². The maximum Gasteiger partial charge on any atom is 0.309 e. The summed E-state index contributed by atoms with van der Waals surface area (Å²) in [6.07, 6.45) is 1.98. The Morgan fingerprint density at radius 2 is 1.97 bits per heavy atom. The van der Waals surface area contributed by atoms with Crippen LogP contribution < -0.4 is 10.5 Å². The van der Waals surface area contributed by atoms with Gasteiger partial charge in [0, 0.05) is 41.4 Å². The van der Waals surface area contributed by atoms with Crippen LogP contribution in [0, 0.1) is 22.9 Å². The molecule has 0 unspecified atom stereocenters. The van der Waals surface area contributed by atoms with Crippen LogP contribution in [0.2, 0.25) is 0 Å². The number of fused-ring (bicyclic) bond motifs is 1. The summed E-state index contributed by atoms with van der Waals surface area (Å²) >= 11 is 1.02. The lowest BCUT2D eigenvalue weighted by atomic mass is 9.74. The Morgan fingerprint density at radius 3 is 2.64 bits per heavy atom. The molecule has 1 aliphatic rings. The number of carboxylic acid groups (broad SMARTS) is 1. The molecule has 4 N–H and O–H groups in total. The number of aromatic nitrogens is 1. The summed E-state index contributed by atoms with van der Waals surface area (Å²) in [7, 11) is 1.55. The van der Waals surface area contributed by atoms with E-state index in [2.05, 4.69) is 9.88 Å². The van der Waals surface area contributed by atoms with Gasteiger partial charge in [0.15, 0.2) is 11.6 Å². The molecule has 2 heterocycles. The maximum atomic E-state index is 13.9. The predicted molar refractivity (Wildman–Crippen MR) is 143 cm³/mol. The number of piperidine rings is 1. The third kappa shape index (κ3) is 6.49. The van der Waals surface area contributed by atoms with Crippen molar-refractivity contribution in [3.63, 3.8) is 0 Å². The monoisotopic (exact) mass is 563 g/mol. The quantitative estimate of drug-likeness (QED) is 0.224. The van der Waals surface area contributed by atoms with Crippen LogP contribution in [0.15, 0.2) is 41.4 Å². The van der Waals surface area contributed by atoms with E-state index in [0.717, 1.165) is 23.2 Å². The van der Waals surface area contributed by atoms with E-state index >= 15 is 0 Å². The lowest BCUT2D eigenvalue weighted by Crippen LogP contribution is -2.45. The van der Waals surface area contributed by atoms with E-state index in [1.807, 2.05) is 0 Å². The molecule has 11 heteroatoms. The summed E-state index contributed by atoms with van der Waals surface area (Å²) in [6.45, 7) is 1.71. The molecule has 1 aliphatic heterocycles. The number of aliphatic hydroxyl groups excluding tert-OH is 1. The smallest absolute Gasteiger partial charge is 0.309 e. The lowest BCUT2D eigenvalue weighted by molar-refractivity contribution is -0.153. The number of rotatable bonds is 11. The summed E-state index contributed by atoms with van der Waals surface area (Å²) in [5.41, 5.74) is 6.95. The number of carboxylic acids is 1. The number of benzene rings is 2. The Kier molecular flexibility index (Phi) is 9.37. The molecule has 0 bridgehead atoms. The first-order chi connectivity index (χ1) is 18.7. The van der Waals surface area contributed by atoms with Gasteiger partial charge in [0.05, 0.1) is 24.1 Å². The average Bonchev–Trinajstić information content (AvgIpc) is 2.93. The van der Waals surface area contributed by atoms with Crippen molar-refractivity contribution in [2.45, 2.75) is 43.2 Å². The highest BCUT2D eigenvalue weighted by Gasteiger charge is 2.41. The molecule has 1 atom stereocenters. The molecule has 7 nitrogen and oxygen atoms in total. The number of thioether (sulfide) groups is 1. The Balaban J connectivity index is 1.39. The second kappa shape index (κ2) is 12.5. The summed E-state index contributed by atoms with van der Waals surface area (Å²) in [4.78, 5) is 18.8. The Hall–Kier alpha value is -2.86. The van der Waals surface area contributed by atoms with Crippen molar-refractivity contribution in [3.05, 3.63) is 65.1 Å². The molecular formula is C28H32F3N3O4S. The van der Waals surface area contributed by atoms with Crippen molar-refractivity contribution in [2.75, 3.05) is 32.5 Å². The normalized spacial score (nSPS) is 16.4. The van der Waals surface area contributed by atoms with Gasteiger partial charge in [-0.25, -0.2) is 13.2 Å². The van der Waals surface area contributed by atoms with Crippen LogP contribution in [0.3, 0.4) is 0 Å². The fraction of sp³-hybridized carbons (Fsp3) is 0.429. The third-order valence-electron chi connectivity index (χ3n) is 7.54. The Labute approximate surface area is 229 Å². The summed E-state index contributed by atoms with van der Waals surface area (Å²) in [5, 5.41) is 22.1. The topological polar surface area (TPSA) is 109 Å². The van der Waals surface area contributed by atoms with Gasteiger partial charge >= 0.3 is 5.97 Å². The van der Waals surface area contributed by atoms with Crippen LogP contribution >= 0.6 is 11.8 Å². The average molecular weight is 564 g/mol. The number of aliphatic carboxylic acids is 1. The fourth-order valence-corrected chi connectivity index (χ4v) is 6.16. The number of hydrogen-bond donors (Lipinski definition) is 3. The van der Waals surface area contributed by atoms with Gasteiger partial charge < -0.3 is 25.6 Å². The molecule has 4 rings (SSSR count). The summed E-state index contributed by atoms with van der Waals surface area (Å²) < 4.78 is 46.1. The van der Waals surface area contributed by atoms with Gasteiger partial charge in [-0.05, 0) is 74.2 Å².